The number of nitrogens with one attached hydrogen (secondary N) is 4. The number of hydrogen-bond acceptors (Lipinski definition) is 9. The minimum Gasteiger partial charge on any atom is -0.508 e. The SMILES string of the molecule is C[C@H](NC(=O)[C@H](Cc1ccc(O)cc1)NC(=O)[C@H](CCCN=C(N)N)NC(=O)[C@H](CO)NC(=O)[C@@H](N)Cc1ccccc1)C(=O)O. The lowest BCUT2D eigenvalue weighted by Crippen LogP contribution is -2.59. The van der Waals surface area contributed by atoms with Gasteiger partial charge in [-0.2, -0.15) is 0 Å². The summed E-state index contributed by atoms with van der Waals surface area (Å²) in [5.41, 5.74) is 18.1. The van der Waals surface area contributed by atoms with E-state index in [0.717, 1.165) is 5.56 Å². The van der Waals surface area contributed by atoms with Crippen LogP contribution in [0.1, 0.15) is 30.9 Å². The van der Waals surface area contributed by atoms with Gasteiger partial charge < -0.3 is 53.8 Å². The Bertz CT molecular complexity index is 1350. The fourth-order valence-electron chi connectivity index (χ4n) is 4.20. The number of aliphatic hydroxyl groups is 1. The van der Waals surface area contributed by atoms with Crippen LogP contribution < -0.4 is 38.5 Å². The fraction of sp³-hybridized carbons (Fsp3) is 0.400. The molecule has 0 heterocycles. The molecule has 0 unspecified atom stereocenters. The molecule has 46 heavy (non-hydrogen) atoms. The summed E-state index contributed by atoms with van der Waals surface area (Å²) in [7, 11) is 0. The van der Waals surface area contributed by atoms with E-state index in [4.69, 9.17) is 17.2 Å². The number of carboxylic acids is 1. The Morgan fingerprint density at radius 3 is 1.89 bits per heavy atom. The first-order valence-corrected chi connectivity index (χ1v) is 14.5. The first-order chi connectivity index (χ1) is 21.8. The first kappa shape index (κ1) is 37.0. The number of rotatable bonds is 18. The van der Waals surface area contributed by atoms with Crippen molar-refractivity contribution < 1.29 is 39.3 Å². The number of nitrogens with zero attached hydrogens (tertiary/aromatic N) is 1. The van der Waals surface area contributed by atoms with Gasteiger partial charge in [0, 0.05) is 13.0 Å². The quantitative estimate of drug-likeness (QED) is 0.0464. The molecule has 16 nitrogen and oxygen atoms in total. The molecular formula is C30H42N8O8. The molecule has 0 aliphatic heterocycles. The van der Waals surface area contributed by atoms with Crippen molar-refractivity contribution in [2.24, 2.45) is 22.2 Å². The zero-order valence-corrected chi connectivity index (χ0v) is 25.4. The lowest BCUT2D eigenvalue weighted by Gasteiger charge is -2.26. The molecule has 0 bridgehead atoms. The van der Waals surface area contributed by atoms with Gasteiger partial charge in [-0.15, -0.1) is 0 Å². The van der Waals surface area contributed by atoms with E-state index in [2.05, 4.69) is 26.3 Å². The molecule has 0 radical (unpaired) electrons. The molecule has 2 aromatic rings. The highest BCUT2D eigenvalue weighted by Crippen LogP contribution is 2.12. The number of hydrogen-bond donors (Lipinski definition) is 10. The van der Waals surface area contributed by atoms with Crippen LogP contribution in [0.4, 0.5) is 0 Å². The monoisotopic (exact) mass is 642 g/mol. The van der Waals surface area contributed by atoms with Gasteiger partial charge in [0.15, 0.2) is 5.96 Å². The van der Waals surface area contributed by atoms with E-state index in [-0.39, 0.29) is 43.9 Å². The van der Waals surface area contributed by atoms with E-state index >= 15 is 0 Å². The predicted octanol–water partition coefficient (Wildman–Crippen LogP) is -2.41. The summed E-state index contributed by atoms with van der Waals surface area (Å²) in [6.45, 7) is 0.544. The van der Waals surface area contributed by atoms with E-state index in [1.54, 1.807) is 24.3 Å². The molecule has 0 aliphatic carbocycles. The highest BCUT2D eigenvalue weighted by Gasteiger charge is 2.31. The van der Waals surface area contributed by atoms with Crippen LogP contribution in [0.25, 0.3) is 0 Å². The second-order valence-electron chi connectivity index (χ2n) is 10.6. The molecule has 16 heteroatoms. The topological polar surface area (TPSA) is 285 Å². The minimum atomic E-state index is -1.46. The molecule has 13 N–H and O–H groups in total. The predicted molar refractivity (Wildman–Crippen MR) is 168 cm³/mol. The zero-order chi connectivity index (χ0) is 34.2. The van der Waals surface area contributed by atoms with Crippen molar-refractivity contribution in [2.75, 3.05) is 13.2 Å². The summed E-state index contributed by atoms with van der Waals surface area (Å²) in [4.78, 5) is 67.6. The largest absolute Gasteiger partial charge is 0.508 e. The number of phenolic OH excluding ortho intramolecular Hbond substituents is 1. The maximum absolute atomic E-state index is 13.5. The number of guanidine groups is 1. The smallest absolute Gasteiger partial charge is 0.325 e. The zero-order valence-electron chi connectivity index (χ0n) is 25.4. The van der Waals surface area contributed by atoms with Crippen molar-refractivity contribution in [3.05, 3.63) is 65.7 Å². The van der Waals surface area contributed by atoms with Crippen LogP contribution in [0.15, 0.2) is 59.6 Å². The van der Waals surface area contributed by atoms with Gasteiger partial charge in [0.05, 0.1) is 12.6 Å². The van der Waals surface area contributed by atoms with Crippen molar-refractivity contribution in [3.8, 4) is 5.75 Å². The molecule has 0 spiro atoms. The summed E-state index contributed by atoms with van der Waals surface area (Å²) in [5, 5.41) is 38.5. The van der Waals surface area contributed by atoms with Gasteiger partial charge in [0.2, 0.25) is 23.6 Å². The maximum Gasteiger partial charge on any atom is 0.325 e. The number of carboxylic acid groups (broad SMARTS) is 1. The van der Waals surface area contributed by atoms with E-state index < -0.39 is 66.4 Å². The van der Waals surface area contributed by atoms with E-state index in [1.165, 1.54) is 31.2 Å². The summed E-state index contributed by atoms with van der Waals surface area (Å²) in [5.74, 6) is -4.73. The summed E-state index contributed by atoms with van der Waals surface area (Å²) >= 11 is 0. The van der Waals surface area contributed by atoms with Crippen LogP contribution in [-0.4, -0.2) is 94.2 Å². The number of carbonyl (C=O) groups excluding carboxylic acids is 4. The third kappa shape index (κ3) is 12.8. The highest BCUT2D eigenvalue weighted by molar-refractivity contribution is 5.95. The van der Waals surface area contributed by atoms with Crippen LogP contribution in [0, 0.1) is 0 Å². The molecule has 0 saturated carbocycles. The Morgan fingerprint density at radius 1 is 0.761 bits per heavy atom. The first-order valence-electron chi connectivity index (χ1n) is 14.5. The molecule has 0 aliphatic rings. The van der Waals surface area contributed by atoms with Crippen LogP contribution >= 0.6 is 0 Å². The van der Waals surface area contributed by atoms with Crippen molar-refractivity contribution in [2.45, 2.75) is 62.8 Å². The number of aliphatic carboxylic acids is 1. The number of carbonyl (C=O) groups is 5. The van der Waals surface area contributed by atoms with Gasteiger partial charge in [-0.25, -0.2) is 0 Å². The Kier molecular flexibility index (Phi) is 14.9. The van der Waals surface area contributed by atoms with Crippen LogP contribution in [0.3, 0.4) is 0 Å². The number of amides is 4. The average Bonchev–Trinajstić information content (AvgIpc) is 3.01. The number of aliphatic imine (C=N–C) groups is 1. The fourth-order valence-corrected chi connectivity index (χ4v) is 4.20. The Labute approximate surface area is 265 Å². The van der Waals surface area contributed by atoms with Gasteiger partial charge in [0.25, 0.3) is 0 Å². The summed E-state index contributed by atoms with van der Waals surface area (Å²) < 4.78 is 0. The second kappa shape index (κ2) is 18.6. The number of nitrogens with two attached hydrogens (primary N) is 3. The number of phenols is 1. The van der Waals surface area contributed by atoms with Gasteiger partial charge in [-0.3, -0.25) is 29.0 Å². The van der Waals surface area contributed by atoms with Crippen LogP contribution in [0.2, 0.25) is 0 Å². The molecule has 2 aromatic carbocycles. The Balaban J connectivity index is 2.22. The van der Waals surface area contributed by atoms with E-state index in [1.807, 2.05) is 6.07 Å². The lowest BCUT2D eigenvalue weighted by atomic mass is 10.0. The number of benzene rings is 2. The van der Waals surface area contributed by atoms with E-state index in [9.17, 15) is 39.3 Å². The average molecular weight is 643 g/mol. The van der Waals surface area contributed by atoms with Gasteiger partial charge in [0.1, 0.15) is 29.9 Å². The van der Waals surface area contributed by atoms with Crippen molar-refractivity contribution in [3.63, 3.8) is 0 Å². The Hall–Kier alpha value is -5.22. The third-order valence-corrected chi connectivity index (χ3v) is 6.77. The molecule has 250 valence electrons. The normalized spacial score (nSPS) is 14.0. The minimum absolute atomic E-state index is 0.0208. The molecular weight excluding hydrogens is 600 g/mol. The maximum atomic E-state index is 13.5. The van der Waals surface area contributed by atoms with Crippen molar-refractivity contribution in [1.82, 2.24) is 21.3 Å². The molecule has 4 amide bonds. The highest BCUT2D eigenvalue weighted by atomic mass is 16.4. The second-order valence-corrected chi connectivity index (χ2v) is 10.6. The van der Waals surface area contributed by atoms with Gasteiger partial charge in [-0.05, 0) is 49.4 Å². The molecule has 0 fully saturated rings. The third-order valence-electron chi connectivity index (χ3n) is 6.77. The number of aliphatic hydroxyl groups excluding tert-OH is 1. The lowest BCUT2D eigenvalue weighted by molar-refractivity contribution is -0.141. The van der Waals surface area contributed by atoms with E-state index in [0.29, 0.717) is 5.56 Å². The van der Waals surface area contributed by atoms with Crippen LogP contribution in [-0.2, 0) is 36.8 Å². The molecule has 0 aromatic heterocycles. The number of aromatic hydroxyl groups is 1. The van der Waals surface area contributed by atoms with Crippen LogP contribution in [0.5, 0.6) is 5.75 Å². The summed E-state index contributed by atoms with van der Waals surface area (Å²) in [6.07, 6.45) is 0.271. The van der Waals surface area contributed by atoms with Crippen molar-refractivity contribution in [1.29, 1.82) is 0 Å². The summed E-state index contributed by atoms with van der Waals surface area (Å²) in [6, 6.07) is 8.40. The standard InChI is InChI=1S/C30H42N8O8/c1-17(29(45)46)35-27(43)23(15-19-9-11-20(40)12-10-19)37-26(42)22(8-5-13-34-30(32)33)36-28(44)24(16-39)38-25(41)21(31)14-18-6-3-2-4-7-18/h2-4,6-7,9-12,17,21-24,39-40H,5,8,13-16,31H2,1H3,(H,35,43)(H,36,44)(H,37,42)(H,38,41)(H,45,46)(H4,32,33,34)/t17-,21-,22-,23-,24-/m0/s1. The molecule has 0 saturated heterocycles. The van der Waals surface area contributed by atoms with Crippen molar-refractivity contribution >= 4 is 35.6 Å². The molecule has 2 rings (SSSR count). The van der Waals surface area contributed by atoms with Gasteiger partial charge in [-0.1, -0.05) is 42.5 Å². The molecule has 5 atom stereocenters. The van der Waals surface area contributed by atoms with Gasteiger partial charge >= 0.3 is 5.97 Å². The Morgan fingerprint density at radius 2 is 1.30 bits per heavy atom.